The van der Waals surface area contributed by atoms with E-state index in [1.54, 1.807) is 0 Å². The van der Waals surface area contributed by atoms with Crippen LogP contribution in [-0.2, 0) is 20.8 Å². The topological polar surface area (TPSA) is 57.0 Å². The highest BCUT2D eigenvalue weighted by molar-refractivity contribution is 5.41. The van der Waals surface area contributed by atoms with Crippen molar-refractivity contribution in [3.05, 3.63) is 35.8 Å². The molecule has 2 aliphatic heterocycles. The van der Waals surface area contributed by atoms with Crippen LogP contribution in [-0.4, -0.2) is 47.6 Å². The fourth-order valence-electron chi connectivity index (χ4n) is 3.29. The SMILES string of the molecule is Cc1ccc2ncc(CNC[C@@H]3COC4(CCOCC4)O3)n2c1. The van der Waals surface area contributed by atoms with Gasteiger partial charge in [-0.1, -0.05) is 6.07 Å². The molecule has 0 amide bonds. The summed E-state index contributed by atoms with van der Waals surface area (Å²) in [6.07, 6.45) is 5.81. The fourth-order valence-corrected chi connectivity index (χ4v) is 3.29. The number of rotatable bonds is 4. The molecule has 6 heteroatoms. The van der Waals surface area contributed by atoms with Gasteiger partial charge < -0.3 is 23.9 Å². The van der Waals surface area contributed by atoms with E-state index in [1.165, 1.54) is 5.56 Å². The number of pyridine rings is 1. The molecule has 0 saturated carbocycles. The number of hydrogen-bond donors (Lipinski definition) is 1. The molecule has 2 aromatic rings. The number of fused-ring (bicyclic) bond motifs is 1. The van der Waals surface area contributed by atoms with Gasteiger partial charge in [-0.25, -0.2) is 4.98 Å². The Bertz CT molecular complexity index is 679. The van der Waals surface area contributed by atoms with Crippen LogP contribution in [0.3, 0.4) is 0 Å². The van der Waals surface area contributed by atoms with Gasteiger partial charge in [-0.05, 0) is 18.6 Å². The minimum atomic E-state index is -0.398. The zero-order chi connectivity index (χ0) is 15.7. The molecule has 23 heavy (non-hydrogen) atoms. The molecule has 2 fully saturated rings. The lowest BCUT2D eigenvalue weighted by Crippen LogP contribution is -2.39. The van der Waals surface area contributed by atoms with Crippen molar-refractivity contribution in [3.8, 4) is 0 Å². The molecule has 1 N–H and O–H groups in total. The number of nitrogens with one attached hydrogen (secondary N) is 1. The Morgan fingerprint density at radius 2 is 2.22 bits per heavy atom. The van der Waals surface area contributed by atoms with Gasteiger partial charge in [0.1, 0.15) is 5.65 Å². The minimum absolute atomic E-state index is 0.106. The van der Waals surface area contributed by atoms with Gasteiger partial charge in [0.15, 0.2) is 5.79 Å². The number of hydrogen-bond acceptors (Lipinski definition) is 5. The summed E-state index contributed by atoms with van der Waals surface area (Å²) in [5.74, 6) is -0.398. The smallest absolute Gasteiger partial charge is 0.173 e. The molecule has 0 aromatic carbocycles. The maximum Gasteiger partial charge on any atom is 0.173 e. The summed E-state index contributed by atoms with van der Waals surface area (Å²) < 4.78 is 19.6. The van der Waals surface area contributed by atoms with Gasteiger partial charge in [0.2, 0.25) is 0 Å². The normalized spacial score (nSPS) is 23.8. The van der Waals surface area contributed by atoms with Crippen LogP contribution in [0.15, 0.2) is 24.5 Å². The maximum absolute atomic E-state index is 6.13. The van der Waals surface area contributed by atoms with Gasteiger partial charge in [0.05, 0.1) is 37.8 Å². The Morgan fingerprint density at radius 3 is 3.09 bits per heavy atom. The Balaban J connectivity index is 1.32. The molecule has 0 radical (unpaired) electrons. The molecule has 1 spiro atoms. The number of imidazole rings is 1. The lowest BCUT2D eigenvalue weighted by atomic mass is 10.1. The summed E-state index contributed by atoms with van der Waals surface area (Å²) >= 11 is 0. The molecular weight excluding hydrogens is 294 g/mol. The molecule has 2 aliphatic rings. The largest absolute Gasteiger partial charge is 0.381 e. The number of aromatic nitrogens is 2. The number of ether oxygens (including phenoxy) is 3. The molecule has 0 bridgehead atoms. The van der Waals surface area contributed by atoms with Crippen molar-refractivity contribution in [3.63, 3.8) is 0 Å². The lowest BCUT2D eigenvalue weighted by molar-refractivity contribution is -0.210. The highest BCUT2D eigenvalue weighted by atomic mass is 16.7. The summed E-state index contributed by atoms with van der Waals surface area (Å²) in [7, 11) is 0. The Kier molecular flexibility index (Phi) is 4.07. The standard InChI is InChI=1S/C17H23N3O3/c1-13-2-3-16-19-9-14(20(16)11-13)8-18-10-15-12-22-17(23-15)4-6-21-7-5-17/h2-3,9,11,15,18H,4-8,10,12H2,1H3/t15-/m1/s1. The van der Waals surface area contributed by atoms with E-state index in [2.05, 4.69) is 33.9 Å². The highest BCUT2D eigenvalue weighted by Gasteiger charge is 2.42. The van der Waals surface area contributed by atoms with E-state index in [-0.39, 0.29) is 6.10 Å². The first-order valence-corrected chi connectivity index (χ1v) is 8.27. The molecule has 4 rings (SSSR count). The van der Waals surface area contributed by atoms with Gasteiger partial charge in [-0.3, -0.25) is 0 Å². The van der Waals surface area contributed by atoms with E-state index in [1.807, 2.05) is 12.3 Å². The van der Waals surface area contributed by atoms with Gasteiger partial charge >= 0.3 is 0 Å². The second-order valence-corrected chi connectivity index (χ2v) is 6.39. The third-order valence-corrected chi connectivity index (χ3v) is 4.58. The number of nitrogens with zero attached hydrogens (tertiary/aromatic N) is 2. The van der Waals surface area contributed by atoms with Crippen LogP contribution in [0.25, 0.3) is 5.65 Å². The molecule has 1 atom stereocenters. The molecular formula is C17H23N3O3. The van der Waals surface area contributed by atoms with Crippen molar-refractivity contribution in [2.24, 2.45) is 0 Å². The average Bonchev–Trinajstić information content (AvgIpc) is 3.13. The zero-order valence-electron chi connectivity index (χ0n) is 13.5. The van der Waals surface area contributed by atoms with Crippen LogP contribution in [0, 0.1) is 6.92 Å². The maximum atomic E-state index is 6.13. The van der Waals surface area contributed by atoms with E-state index in [4.69, 9.17) is 14.2 Å². The van der Waals surface area contributed by atoms with E-state index in [0.717, 1.165) is 50.5 Å². The van der Waals surface area contributed by atoms with Crippen LogP contribution >= 0.6 is 0 Å². The average molecular weight is 317 g/mol. The van der Waals surface area contributed by atoms with Gasteiger partial charge in [0, 0.05) is 32.1 Å². The molecule has 124 valence electrons. The first-order chi connectivity index (χ1) is 11.2. The summed E-state index contributed by atoms with van der Waals surface area (Å²) in [5.41, 5.74) is 3.36. The van der Waals surface area contributed by atoms with Crippen LogP contribution in [0.2, 0.25) is 0 Å². The van der Waals surface area contributed by atoms with Gasteiger partial charge in [0.25, 0.3) is 0 Å². The Hall–Kier alpha value is -1.47. The van der Waals surface area contributed by atoms with Crippen LogP contribution in [0.4, 0.5) is 0 Å². The van der Waals surface area contributed by atoms with Crippen molar-refractivity contribution >= 4 is 5.65 Å². The van der Waals surface area contributed by atoms with Crippen LogP contribution in [0.5, 0.6) is 0 Å². The molecule has 4 heterocycles. The van der Waals surface area contributed by atoms with Crippen molar-refractivity contribution in [1.29, 1.82) is 0 Å². The molecule has 0 unspecified atom stereocenters. The van der Waals surface area contributed by atoms with Crippen LogP contribution in [0.1, 0.15) is 24.1 Å². The van der Waals surface area contributed by atoms with E-state index >= 15 is 0 Å². The second-order valence-electron chi connectivity index (χ2n) is 6.39. The lowest BCUT2D eigenvalue weighted by Gasteiger charge is -2.31. The fraction of sp³-hybridized carbons (Fsp3) is 0.588. The molecule has 6 nitrogen and oxygen atoms in total. The van der Waals surface area contributed by atoms with Gasteiger partial charge in [-0.15, -0.1) is 0 Å². The summed E-state index contributed by atoms with van der Waals surface area (Å²) in [4.78, 5) is 4.43. The zero-order valence-corrected chi connectivity index (χ0v) is 13.5. The van der Waals surface area contributed by atoms with Crippen molar-refractivity contribution in [2.75, 3.05) is 26.4 Å². The predicted octanol–water partition coefficient (Wildman–Crippen LogP) is 1.65. The minimum Gasteiger partial charge on any atom is -0.381 e. The third kappa shape index (κ3) is 3.12. The van der Waals surface area contributed by atoms with Crippen LogP contribution < -0.4 is 5.32 Å². The second kappa shape index (κ2) is 6.20. The summed E-state index contributed by atoms with van der Waals surface area (Å²) in [6, 6.07) is 4.12. The highest BCUT2D eigenvalue weighted by Crippen LogP contribution is 2.32. The van der Waals surface area contributed by atoms with Crippen molar-refractivity contribution in [2.45, 2.75) is 38.2 Å². The Labute approximate surface area is 135 Å². The first-order valence-electron chi connectivity index (χ1n) is 8.27. The Morgan fingerprint density at radius 1 is 1.35 bits per heavy atom. The molecule has 2 aromatic heterocycles. The molecule has 0 aliphatic carbocycles. The summed E-state index contributed by atoms with van der Waals surface area (Å²) in [5, 5.41) is 3.47. The van der Waals surface area contributed by atoms with Crippen molar-refractivity contribution < 1.29 is 14.2 Å². The van der Waals surface area contributed by atoms with E-state index in [0.29, 0.717) is 6.61 Å². The number of aryl methyl sites for hydroxylation is 1. The predicted molar refractivity (Wildman–Crippen MR) is 85.2 cm³/mol. The quantitative estimate of drug-likeness (QED) is 0.929. The summed E-state index contributed by atoms with van der Waals surface area (Å²) in [6.45, 7) is 5.73. The van der Waals surface area contributed by atoms with Crippen molar-refractivity contribution in [1.82, 2.24) is 14.7 Å². The van der Waals surface area contributed by atoms with E-state index in [9.17, 15) is 0 Å². The first kappa shape index (κ1) is 15.1. The third-order valence-electron chi connectivity index (χ3n) is 4.58. The van der Waals surface area contributed by atoms with Gasteiger partial charge in [-0.2, -0.15) is 0 Å². The van der Waals surface area contributed by atoms with E-state index < -0.39 is 5.79 Å². The molecule has 2 saturated heterocycles. The monoisotopic (exact) mass is 317 g/mol.